The van der Waals surface area contributed by atoms with E-state index in [-0.39, 0.29) is 24.7 Å². The molecule has 1 amide bonds. The minimum Gasteiger partial charge on any atom is -0.369 e. The first kappa shape index (κ1) is 13.5. The van der Waals surface area contributed by atoms with Crippen molar-refractivity contribution in [3.63, 3.8) is 0 Å². The first-order chi connectivity index (χ1) is 7.54. The summed E-state index contributed by atoms with van der Waals surface area (Å²) >= 11 is 0. The van der Waals surface area contributed by atoms with Crippen LogP contribution < -0.4 is 5.73 Å². The van der Waals surface area contributed by atoms with Crippen LogP contribution in [0.25, 0.3) is 0 Å². The molecule has 0 aromatic heterocycles. The Morgan fingerprint density at radius 3 is 2.81 bits per heavy atom. The highest BCUT2D eigenvalue weighted by molar-refractivity contribution is 5.78. The maximum Gasteiger partial charge on any atom is 0.248 e. The standard InChI is InChI=1S/C12H24N2O2/c1-9(2)16-8-12(15)14-5-4-10(3)6-11(14)7-13/h9-11H,4-8,13H2,1-3H3. The van der Waals surface area contributed by atoms with E-state index in [1.165, 1.54) is 0 Å². The van der Waals surface area contributed by atoms with Gasteiger partial charge < -0.3 is 15.4 Å². The van der Waals surface area contributed by atoms with Crippen molar-refractivity contribution < 1.29 is 9.53 Å². The Kier molecular flexibility index (Phi) is 5.22. The molecule has 1 aliphatic heterocycles. The first-order valence-corrected chi connectivity index (χ1v) is 6.15. The summed E-state index contributed by atoms with van der Waals surface area (Å²) in [6, 6.07) is 0.201. The molecule has 4 heteroatoms. The highest BCUT2D eigenvalue weighted by Crippen LogP contribution is 2.21. The molecule has 0 saturated carbocycles. The first-order valence-electron chi connectivity index (χ1n) is 6.15. The molecular weight excluding hydrogens is 204 g/mol. The average Bonchev–Trinajstić information content (AvgIpc) is 2.25. The fourth-order valence-electron chi connectivity index (χ4n) is 2.12. The number of piperidine rings is 1. The summed E-state index contributed by atoms with van der Waals surface area (Å²) in [6.07, 6.45) is 2.19. The van der Waals surface area contributed by atoms with E-state index in [1.807, 2.05) is 18.7 Å². The zero-order valence-electron chi connectivity index (χ0n) is 10.6. The average molecular weight is 228 g/mol. The van der Waals surface area contributed by atoms with Crippen molar-refractivity contribution in [2.75, 3.05) is 19.7 Å². The second kappa shape index (κ2) is 6.21. The number of amides is 1. The van der Waals surface area contributed by atoms with Crippen LogP contribution in [0.15, 0.2) is 0 Å². The lowest BCUT2D eigenvalue weighted by molar-refractivity contribution is -0.141. The van der Waals surface area contributed by atoms with Gasteiger partial charge in [0.2, 0.25) is 5.91 Å². The van der Waals surface area contributed by atoms with E-state index in [0.717, 1.165) is 19.4 Å². The van der Waals surface area contributed by atoms with Crippen LogP contribution in [0.3, 0.4) is 0 Å². The van der Waals surface area contributed by atoms with Crippen molar-refractivity contribution in [2.45, 2.75) is 45.8 Å². The number of rotatable bonds is 4. The normalized spacial score (nSPS) is 26.2. The molecule has 0 aromatic carbocycles. The SMILES string of the molecule is CC1CCN(C(=O)COC(C)C)C(CN)C1. The van der Waals surface area contributed by atoms with Crippen LogP contribution in [0.5, 0.6) is 0 Å². The Hall–Kier alpha value is -0.610. The number of hydrogen-bond donors (Lipinski definition) is 1. The number of hydrogen-bond acceptors (Lipinski definition) is 3. The van der Waals surface area contributed by atoms with Crippen molar-refractivity contribution in [3.8, 4) is 0 Å². The summed E-state index contributed by atoms with van der Waals surface area (Å²) in [5.74, 6) is 0.750. The van der Waals surface area contributed by atoms with Gasteiger partial charge in [0.05, 0.1) is 6.10 Å². The van der Waals surface area contributed by atoms with Gasteiger partial charge in [0.15, 0.2) is 0 Å². The molecule has 0 radical (unpaired) electrons. The van der Waals surface area contributed by atoms with Crippen molar-refractivity contribution in [3.05, 3.63) is 0 Å². The van der Waals surface area contributed by atoms with Gasteiger partial charge >= 0.3 is 0 Å². The van der Waals surface area contributed by atoms with Crippen LogP contribution in [-0.4, -0.2) is 42.6 Å². The van der Waals surface area contributed by atoms with E-state index >= 15 is 0 Å². The maximum atomic E-state index is 11.9. The Bertz CT molecular complexity index is 231. The largest absolute Gasteiger partial charge is 0.369 e. The third-order valence-corrected chi connectivity index (χ3v) is 3.11. The van der Waals surface area contributed by atoms with Crippen LogP contribution in [-0.2, 0) is 9.53 Å². The van der Waals surface area contributed by atoms with Crippen LogP contribution >= 0.6 is 0 Å². The minimum atomic E-state index is 0.0797. The molecule has 94 valence electrons. The lowest BCUT2D eigenvalue weighted by atomic mass is 9.92. The van der Waals surface area contributed by atoms with Crippen LogP contribution in [0.2, 0.25) is 0 Å². The molecule has 1 heterocycles. The maximum absolute atomic E-state index is 11.9. The quantitative estimate of drug-likeness (QED) is 0.781. The van der Waals surface area contributed by atoms with Crippen LogP contribution in [0.4, 0.5) is 0 Å². The topological polar surface area (TPSA) is 55.6 Å². The predicted octanol–water partition coefficient (Wildman–Crippen LogP) is 0.997. The molecule has 0 spiro atoms. The smallest absolute Gasteiger partial charge is 0.248 e. The Balaban J connectivity index is 2.47. The van der Waals surface area contributed by atoms with Gasteiger partial charge in [-0.05, 0) is 32.6 Å². The molecule has 4 nitrogen and oxygen atoms in total. The summed E-state index contributed by atoms with van der Waals surface area (Å²) in [5, 5.41) is 0. The van der Waals surface area contributed by atoms with Crippen molar-refractivity contribution in [1.29, 1.82) is 0 Å². The lowest BCUT2D eigenvalue weighted by Gasteiger charge is -2.38. The minimum absolute atomic E-state index is 0.0797. The molecule has 2 atom stereocenters. The fourth-order valence-corrected chi connectivity index (χ4v) is 2.12. The molecule has 1 fully saturated rings. The summed E-state index contributed by atoms with van der Waals surface area (Å²) in [6.45, 7) is 7.65. The van der Waals surface area contributed by atoms with Gasteiger partial charge in [-0.1, -0.05) is 6.92 Å². The lowest BCUT2D eigenvalue weighted by Crippen LogP contribution is -2.50. The molecule has 0 aliphatic carbocycles. The van der Waals surface area contributed by atoms with Gasteiger partial charge in [-0.15, -0.1) is 0 Å². The number of carbonyl (C=O) groups excluding carboxylic acids is 1. The van der Waals surface area contributed by atoms with Gasteiger partial charge in [0.25, 0.3) is 0 Å². The molecule has 2 unspecified atom stereocenters. The van der Waals surface area contributed by atoms with Gasteiger partial charge in [-0.25, -0.2) is 0 Å². The van der Waals surface area contributed by atoms with E-state index < -0.39 is 0 Å². The zero-order chi connectivity index (χ0) is 12.1. The van der Waals surface area contributed by atoms with Crippen molar-refractivity contribution >= 4 is 5.91 Å². The summed E-state index contributed by atoms with van der Waals surface area (Å²) < 4.78 is 5.34. The number of ether oxygens (including phenoxy) is 1. The van der Waals surface area contributed by atoms with Gasteiger partial charge in [-0.3, -0.25) is 4.79 Å². The van der Waals surface area contributed by atoms with Gasteiger partial charge in [-0.2, -0.15) is 0 Å². The molecule has 2 N–H and O–H groups in total. The summed E-state index contributed by atoms with van der Waals surface area (Å²) in [4.78, 5) is 13.8. The predicted molar refractivity (Wildman–Crippen MR) is 64.0 cm³/mol. The summed E-state index contributed by atoms with van der Waals surface area (Å²) in [5.41, 5.74) is 5.71. The van der Waals surface area contributed by atoms with Gasteiger partial charge in [0.1, 0.15) is 6.61 Å². The molecular formula is C12H24N2O2. The van der Waals surface area contributed by atoms with E-state index in [0.29, 0.717) is 12.5 Å². The van der Waals surface area contributed by atoms with Crippen LogP contribution in [0, 0.1) is 5.92 Å². The van der Waals surface area contributed by atoms with E-state index in [4.69, 9.17) is 10.5 Å². The van der Waals surface area contributed by atoms with E-state index in [2.05, 4.69) is 6.92 Å². The summed E-state index contributed by atoms with van der Waals surface area (Å²) in [7, 11) is 0. The number of likely N-dealkylation sites (tertiary alicyclic amines) is 1. The van der Waals surface area contributed by atoms with Crippen molar-refractivity contribution in [1.82, 2.24) is 4.90 Å². The van der Waals surface area contributed by atoms with E-state index in [9.17, 15) is 4.79 Å². The molecule has 0 aromatic rings. The molecule has 1 rings (SSSR count). The molecule has 0 bridgehead atoms. The molecule has 1 aliphatic rings. The highest BCUT2D eigenvalue weighted by Gasteiger charge is 2.28. The second-order valence-electron chi connectivity index (χ2n) is 4.97. The second-order valence-corrected chi connectivity index (χ2v) is 4.97. The van der Waals surface area contributed by atoms with Crippen LogP contribution in [0.1, 0.15) is 33.6 Å². The number of carbonyl (C=O) groups is 1. The van der Waals surface area contributed by atoms with Crippen molar-refractivity contribution in [2.24, 2.45) is 11.7 Å². The zero-order valence-corrected chi connectivity index (χ0v) is 10.6. The van der Waals surface area contributed by atoms with E-state index in [1.54, 1.807) is 0 Å². The fraction of sp³-hybridized carbons (Fsp3) is 0.917. The molecule has 16 heavy (non-hydrogen) atoms. The third-order valence-electron chi connectivity index (χ3n) is 3.11. The number of nitrogens with zero attached hydrogens (tertiary/aromatic N) is 1. The Morgan fingerprint density at radius 1 is 1.56 bits per heavy atom. The Morgan fingerprint density at radius 2 is 2.25 bits per heavy atom. The Labute approximate surface area is 98.1 Å². The molecule has 1 saturated heterocycles. The van der Waals surface area contributed by atoms with Gasteiger partial charge in [0, 0.05) is 19.1 Å². The highest BCUT2D eigenvalue weighted by atomic mass is 16.5. The number of nitrogens with two attached hydrogens (primary N) is 1. The monoisotopic (exact) mass is 228 g/mol. The third kappa shape index (κ3) is 3.76.